The molecule has 2 aromatic rings. The number of aromatic nitrogens is 1. The van der Waals surface area contributed by atoms with Gasteiger partial charge in [0.2, 0.25) is 0 Å². The van der Waals surface area contributed by atoms with Gasteiger partial charge >= 0.3 is 0 Å². The highest BCUT2D eigenvalue weighted by Gasteiger charge is 2.20. The van der Waals surface area contributed by atoms with E-state index < -0.39 is 6.17 Å². The van der Waals surface area contributed by atoms with Crippen molar-refractivity contribution >= 4 is 22.6 Å². The number of pyridine rings is 1. The zero-order chi connectivity index (χ0) is 20.8. The number of nitrogens with one attached hydrogen (secondary N) is 2. The predicted octanol–water partition coefficient (Wildman–Crippen LogP) is 3.64. The van der Waals surface area contributed by atoms with Crippen LogP contribution in [0.3, 0.4) is 0 Å². The monoisotopic (exact) mass is 397 g/mol. The van der Waals surface area contributed by atoms with E-state index in [-0.39, 0.29) is 5.91 Å². The van der Waals surface area contributed by atoms with Gasteiger partial charge in [-0.1, -0.05) is 25.0 Å². The number of anilines is 1. The van der Waals surface area contributed by atoms with Crippen molar-refractivity contribution in [3.63, 3.8) is 0 Å². The van der Waals surface area contributed by atoms with E-state index in [0.717, 1.165) is 35.9 Å². The van der Waals surface area contributed by atoms with Crippen LogP contribution < -0.4 is 16.4 Å². The van der Waals surface area contributed by atoms with Gasteiger partial charge in [-0.05, 0) is 70.8 Å². The van der Waals surface area contributed by atoms with Crippen molar-refractivity contribution in [2.75, 3.05) is 25.0 Å². The molecule has 29 heavy (non-hydrogen) atoms. The van der Waals surface area contributed by atoms with Crippen LogP contribution in [0.1, 0.15) is 61.9 Å². The van der Waals surface area contributed by atoms with Crippen molar-refractivity contribution < 1.29 is 4.79 Å². The Bertz CT molecular complexity index is 829. The Morgan fingerprint density at radius 1 is 1.24 bits per heavy atom. The Balaban J connectivity index is 1.77. The van der Waals surface area contributed by atoms with E-state index in [9.17, 15) is 4.79 Å². The third-order valence-corrected chi connectivity index (χ3v) is 5.72. The van der Waals surface area contributed by atoms with Crippen LogP contribution in [0.4, 0.5) is 5.82 Å². The second kappa shape index (κ2) is 10.0. The Hall–Kier alpha value is -2.18. The maximum Gasteiger partial charge on any atom is 0.256 e. The summed E-state index contributed by atoms with van der Waals surface area (Å²) in [5.74, 6) is 0.439. The lowest BCUT2D eigenvalue weighted by Gasteiger charge is -2.34. The number of fused-ring (bicyclic) bond motifs is 1. The van der Waals surface area contributed by atoms with Crippen LogP contribution >= 0.6 is 0 Å². The largest absolute Gasteiger partial charge is 0.369 e. The van der Waals surface area contributed by atoms with Crippen molar-refractivity contribution in [1.82, 2.24) is 15.2 Å². The van der Waals surface area contributed by atoms with Crippen molar-refractivity contribution in [3.05, 3.63) is 35.4 Å². The molecule has 1 aliphatic rings. The molecule has 2 atom stereocenters. The maximum absolute atomic E-state index is 12.7. The topological polar surface area (TPSA) is 83.3 Å². The normalized spacial score (nSPS) is 17.1. The van der Waals surface area contributed by atoms with E-state index >= 15 is 0 Å². The number of aryl methyl sites for hydroxylation is 1. The van der Waals surface area contributed by atoms with Gasteiger partial charge in [-0.15, -0.1) is 0 Å². The van der Waals surface area contributed by atoms with Crippen LogP contribution in [0, 0.1) is 6.92 Å². The number of hydrogen-bond donors (Lipinski definition) is 3. The summed E-state index contributed by atoms with van der Waals surface area (Å²) in [6.45, 7) is 9.25. The highest BCUT2D eigenvalue weighted by atomic mass is 16.1. The Morgan fingerprint density at radius 3 is 2.69 bits per heavy atom. The lowest BCUT2D eigenvalue weighted by molar-refractivity contribution is 0.0942. The van der Waals surface area contributed by atoms with Gasteiger partial charge in [0.25, 0.3) is 5.91 Å². The summed E-state index contributed by atoms with van der Waals surface area (Å²) in [5.41, 5.74) is 8.36. The first-order valence-corrected chi connectivity index (χ1v) is 10.9. The number of hydrogen-bond acceptors (Lipinski definition) is 5. The molecule has 1 aliphatic heterocycles. The van der Waals surface area contributed by atoms with Crippen molar-refractivity contribution in [3.8, 4) is 0 Å². The molecule has 0 spiro atoms. The molecule has 1 amide bonds. The summed E-state index contributed by atoms with van der Waals surface area (Å²) in [5, 5.41) is 7.19. The van der Waals surface area contributed by atoms with Crippen LogP contribution in [0.5, 0.6) is 0 Å². The van der Waals surface area contributed by atoms with Gasteiger partial charge in [-0.3, -0.25) is 4.79 Å². The number of benzene rings is 1. The van der Waals surface area contributed by atoms with Gasteiger partial charge in [0.05, 0.1) is 17.2 Å². The molecule has 0 saturated carbocycles. The van der Waals surface area contributed by atoms with Crippen molar-refractivity contribution in [2.24, 2.45) is 5.73 Å². The van der Waals surface area contributed by atoms with Crippen LogP contribution in [0.15, 0.2) is 24.3 Å². The Kier molecular flexibility index (Phi) is 7.45. The second-order valence-corrected chi connectivity index (χ2v) is 8.22. The molecule has 1 aromatic heterocycles. The minimum absolute atomic E-state index is 0.193. The Labute approximate surface area is 174 Å². The van der Waals surface area contributed by atoms with E-state index in [1.54, 1.807) is 6.92 Å². The molecule has 1 aromatic carbocycles. The molecule has 0 radical (unpaired) electrons. The van der Waals surface area contributed by atoms with Crippen LogP contribution in [-0.4, -0.2) is 47.6 Å². The fourth-order valence-corrected chi connectivity index (χ4v) is 4.17. The van der Waals surface area contributed by atoms with Gasteiger partial charge in [0.1, 0.15) is 5.82 Å². The van der Waals surface area contributed by atoms with E-state index in [0.29, 0.717) is 17.4 Å². The van der Waals surface area contributed by atoms with E-state index in [1.165, 1.54) is 32.4 Å². The minimum atomic E-state index is -0.410. The molecule has 2 heterocycles. The van der Waals surface area contributed by atoms with Gasteiger partial charge in [-0.25, -0.2) is 4.98 Å². The van der Waals surface area contributed by atoms with E-state index in [1.807, 2.05) is 25.1 Å². The highest BCUT2D eigenvalue weighted by molar-refractivity contribution is 6.02. The lowest BCUT2D eigenvalue weighted by atomic mass is 10.0. The smallest absolute Gasteiger partial charge is 0.256 e. The summed E-state index contributed by atoms with van der Waals surface area (Å²) in [4.78, 5) is 20.1. The highest BCUT2D eigenvalue weighted by Crippen LogP contribution is 2.23. The molecule has 0 bridgehead atoms. The van der Waals surface area contributed by atoms with Crippen LogP contribution in [-0.2, 0) is 0 Å². The van der Waals surface area contributed by atoms with E-state index in [4.69, 9.17) is 10.7 Å². The van der Waals surface area contributed by atoms with Crippen LogP contribution in [0.25, 0.3) is 10.9 Å². The standard InChI is InChI=1S/C23H35N5O/c1-4-19(28-12-6-5-7-13-28)10-11-25-22-20(23(29)26-17(3)24)15-18-14-16(2)8-9-21(18)27-22/h8-9,14-15,17,19H,4-7,10-13,24H2,1-3H3,(H,25,27)(H,26,29). The molecule has 1 saturated heterocycles. The molecule has 0 aliphatic carbocycles. The first kappa shape index (κ1) is 21.5. The lowest BCUT2D eigenvalue weighted by Crippen LogP contribution is -2.40. The summed E-state index contributed by atoms with van der Waals surface area (Å²) < 4.78 is 0. The fraction of sp³-hybridized carbons (Fsp3) is 0.565. The first-order valence-electron chi connectivity index (χ1n) is 10.9. The molecule has 1 fully saturated rings. The predicted molar refractivity (Wildman–Crippen MR) is 120 cm³/mol. The number of nitrogens with two attached hydrogens (primary N) is 1. The number of nitrogens with zero attached hydrogens (tertiary/aromatic N) is 2. The van der Waals surface area contributed by atoms with Gasteiger partial charge < -0.3 is 21.3 Å². The Morgan fingerprint density at radius 2 is 2.00 bits per heavy atom. The molecule has 3 rings (SSSR count). The molecule has 6 nitrogen and oxygen atoms in total. The fourth-order valence-electron chi connectivity index (χ4n) is 4.17. The number of rotatable bonds is 8. The van der Waals surface area contributed by atoms with E-state index in [2.05, 4.69) is 28.5 Å². The van der Waals surface area contributed by atoms with Gasteiger partial charge in [0, 0.05) is 18.0 Å². The molecule has 6 heteroatoms. The summed E-state index contributed by atoms with van der Waals surface area (Å²) in [7, 11) is 0. The van der Waals surface area contributed by atoms with Crippen molar-refractivity contribution in [2.45, 2.75) is 65.1 Å². The summed E-state index contributed by atoms with van der Waals surface area (Å²) in [6.07, 6.45) is 5.73. The molecular formula is C23H35N5O. The zero-order valence-electron chi connectivity index (χ0n) is 18.0. The van der Waals surface area contributed by atoms with Gasteiger partial charge in [-0.2, -0.15) is 0 Å². The average molecular weight is 398 g/mol. The van der Waals surface area contributed by atoms with Crippen molar-refractivity contribution in [1.29, 1.82) is 0 Å². The zero-order valence-corrected chi connectivity index (χ0v) is 18.0. The molecule has 2 unspecified atom stereocenters. The third-order valence-electron chi connectivity index (χ3n) is 5.72. The average Bonchev–Trinajstić information content (AvgIpc) is 2.71. The third kappa shape index (κ3) is 5.67. The quantitative estimate of drug-likeness (QED) is 0.592. The summed E-state index contributed by atoms with van der Waals surface area (Å²) in [6, 6.07) is 8.60. The summed E-state index contributed by atoms with van der Waals surface area (Å²) >= 11 is 0. The SMILES string of the molecule is CCC(CCNc1nc2ccc(C)cc2cc1C(=O)NC(C)N)N1CCCCC1. The number of piperidine rings is 1. The number of carbonyl (C=O) groups excluding carboxylic acids is 1. The molecular weight excluding hydrogens is 362 g/mol. The number of amides is 1. The van der Waals surface area contributed by atoms with Crippen LogP contribution in [0.2, 0.25) is 0 Å². The minimum Gasteiger partial charge on any atom is -0.369 e. The molecule has 4 N–H and O–H groups in total. The number of carbonyl (C=O) groups is 1. The maximum atomic E-state index is 12.7. The number of likely N-dealkylation sites (tertiary alicyclic amines) is 1. The molecule has 158 valence electrons. The van der Waals surface area contributed by atoms with Gasteiger partial charge in [0.15, 0.2) is 0 Å². The second-order valence-electron chi connectivity index (χ2n) is 8.22. The first-order chi connectivity index (χ1) is 14.0.